The van der Waals surface area contributed by atoms with Crippen LogP contribution in [0.2, 0.25) is 0 Å². The van der Waals surface area contributed by atoms with Crippen molar-refractivity contribution in [2.75, 3.05) is 12.3 Å². The normalized spacial score (nSPS) is 11.0. The highest BCUT2D eigenvalue weighted by molar-refractivity contribution is 7.98. The van der Waals surface area contributed by atoms with Crippen LogP contribution in [0.1, 0.15) is 17.5 Å². The van der Waals surface area contributed by atoms with Crippen LogP contribution in [0.25, 0.3) is 10.2 Å². The molecule has 1 aromatic carbocycles. The SMILES string of the molecule is Cc1ccc(CSCCNC(=O)CCn2cnc3sccc3c2=O)cc1. The van der Waals surface area contributed by atoms with Crippen molar-refractivity contribution in [1.29, 1.82) is 0 Å². The van der Waals surface area contributed by atoms with Gasteiger partial charge in [-0.2, -0.15) is 11.8 Å². The van der Waals surface area contributed by atoms with E-state index in [0.29, 0.717) is 18.5 Å². The van der Waals surface area contributed by atoms with Gasteiger partial charge in [-0.15, -0.1) is 11.3 Å². The summed E-state index contributed by atoms with van der Waals surface area (Å²) in [4.78, 5) is 29.2. The molecule has 0 radical (unpaired) electrons. The lowest BCUT2D eigenvalue weighted by molar-refractivity contribution is -0.121. The number of hydrogen-bond acceptors (Lipinski definition) is 5. The van der Waals surface area contributed by atoms with E-state index >= 15 is 0 Å². The van der Waals surface area contributed by atoms with Gasteiger partial charge < -0.3 is 5.32 Å². The molecule has 0 fully saturated rings. The van der Waals surface area contributed by atoms with Gasteiger partial charge in [0.2, 0.25) is 5.91 Å². The van der Waals surface area contributed by atoms with Crippen molar-refractivity contribution in [2.24, 2.45) is 0 Å². The average molecular weight is 388 g/mol. The summed E-state index contributed by atoms with van der Waals surface area (Å²) in [6, 6.07) is 10.3. The monoisotopic (exact) mass is 387 g/mol. The van der Waals surface area contributed by atoms with E-state index in [2.05, 4.69) is 41.5 Å². The molecular weight excluding hydrogens is 366 g/mol. The van der Waals surface area contributed by atoms with Gasteiger partial charge in [0.15, 0.2) is 0 Å². The lowest BCUT2D eigenvalue weighted by atomic mass is 10.2. The van der Waals surface area contributed by atoms with Crippen LogP contribution >= 0.6 is 23.1 Å². The van der Waals surface area contributed by atoms with Crippen LogP contribution in [0.4, 0.5) is 0 Å². The third-order valence-corrected chi connectivity index (χ3v) is 5.84. The van der Waals surface area contributed by atoms with E-state index in [0.717, 1.165) is 16.3 Å². The second-order valence-electron chi connectivity index (χ2n) is 6.02. The Hall–Kier alpha value is -2.12. The Bertz CT molecular complexity index is 932. The minimum atomic E-state index is -0.0855. The molecule has 5 nitrogen and oxygen atoms in total. The highest BCUT2D eigenvalue weighted by Crippen LogP contribution is 2.13. The van der Waals surface area contributed by atoms with E-state index in [-0.39, 0.29) is 17.9 Å². The molecule has 0 saturated heterocycles. The Labute approximate surface area is 160 Å². The zero-order valence-electron chi connectivity index (χ0n) is 14.6. The molecule has 0 aliphatic heterocycles. The van der Waals surface area contributed by atoms with E-state index in [4.69, 9.17) is 0 Å². The molecule has 3 aromatic rings. The van der Waals surface area contributed by atoms with Crippen molar-refractivity contribution in [1.82, 2.24) is 14.9 Å². The van der Waals surface area contributed by atoms with E-state index < -0.39 is 0 Å². The smallest absolute Gasteiger partial charge is 0.262 e. The van der Waals surface area contributed by atoms with Crippen molar-refractivity contribution >= 4 is 39.2 Å². The average Bonchev–Trinajstić information content (AvgIpc) is 3.12. The van der Waals surface area contributed by atoms with Crippen LogP contribution in [0.5, 0.6) is 0 Å². The van der Waals surface area contributed by atoms with Gasteiger partial charge in [0, 0.05) is 31.0 Å². The van der Waals surface area contributed by atoms with Gasteiger partial charge in [0.1, 0.15) is 4.83 Å². The molecule has 0 spiro atoms. The minimum Gasteiger partial charge on any atom is -0.355 e. The predicted molar refractivity (Wildman–Crippen MR) is 109 cm³/mol. The van der Waals surface area contributed by atoms with Crippen LogP contribution in [0, 0.1) is 6.92 Å². The number of carbonyl (C=O) groups is 1. The Balaban J connectivity index is 1.36. The number of nitrogens with one attached hydrogen (secondary N) is 1. The summed E-state index contributed by atoms with van der Waals surface area (Å²) in [6.07, 6.45) is 1.80. The molecule has 136 valence electrons. The van der Waals surface area contributed by atoms with E-state index in [9.17, 15) is 9.59 Å². The maximum atomic E-state index is 12.3. The topological polar surface area (TPSA) is 64.0 Å². The Morgan fingerprint density at radius 1 is 1.27 bits per heavy atom. The molecule has 0 atom stereocenters. The van der Waals surface area contributed by atoms with Crippen molar-refractivity contribution in [2.45, 2.75) is 25.6 Å². The van der Waals surface area contributed by atoms with E-state index in [1.54, 1.807) is 17.8 Å². The maximum absolute atomic E-state index is 12.3. The largest absolute Gasteiger partial charge is 0.355 e. The standard InChI is InChI=1S/C19H21N3O2S2/c1-14-2-4-15(5-3-14)12-25-11-8-20-17(23)6-9-22-13-21-18-16(19(22)24)7-10-26-18/h2-5,7,10,13H,6,8-9,11-12H2,1H3,(H,20,23). The van der Waals surface area contributed by atoms with Gasteiger partial charge in [0.25, 0.3) is 5.56 Å². The van der Waals surface area contributed by atoms with Crippen molar-refractivity contribution in [3.8, 4) is 0 Å². The van der Waals surface area contributed by atoms with Gasteiger partial charge in [-0.3, -0.25) is 14.2 Å². The predicted octanol–water partition coefficient (Wildman–Crippen LogP) is 3.21. The number of rotatable bonds is 8. The van der Waals surface area contributed by atoms with Crippen LogP contribution < -0.4 is 10.9 Å². The maximum Gasteiger partial charge on any atom is 0.262 e. The Morgan fingerprint density at radius 2 is 2.08 bits per heavy atom. The van der Waals surface area contributed by atoms with Crippen LogP contribution in [-0.4, -0.2) is 27.8 Å². The molecule has 0 saturated carbocycles. The van der Waals surface area contributed by atoms with E-state index in [1.165, 1.54) is 33.4 Å². The molecule has 1 amide bonds. The molecule has 1 N–H and O–H groups in total. The fraction of sp³-hybridized carbons (Fsp3) is 0.316. The minimum absolute atomic E-state index is 0.0433. The second kappa shape index (κ2) is 9.00. The molecule has 0 unspecified atom stereocenters. The first-order valence-corrected chi connectivity index (χ1v) is 10.5. The van der Waals surface area contributed by atoms with E-state index in [1.807, 2.05) is 5.38 Å². The summed E-state index contributed by atoms with van der Waals surface area (Å²) in [7, 11) is 0. The Kier molecular flexibility index (Phi) is 6.46. The molecule has 7 heteroatoms. The lowest BCUT2D eigenvalue weighted by Gasteiger charge is -2.07. The van der Waals surface area contributed by atoms with Crippen molar-refractivity contribution < 1.29 is 4.79 Å². The summed E-state index contributed by atoms with van der Waals surface area (Å²) < 4.78 is 1.50. The van der Waals surface area contributed by atoms with Gasteiger partial charge in [-0.25, -0.2) is 4.98 Å². The number of thioether (sulfide) groups is 1. The first-order chi connectivity index (χ1) is 12.6. The quantitative estimate of drug-likeness (QED) is 0.603. The second-order valence-corrected chi connectivity index (χ2v) is 8.02. The molecule has 26 heavy (non-hydrogen) atoms. The van der Waals surface area contributed by atoms with Crippen LogP contribution in [0.3, 0.4) is 0 Å². The summed E-state index contributed by atoms with van der Waals surface area (Å²) in [5, 5.41) is 5.37. The third kappa shape index (κ3) is 4.95. The van der Waals surface area contributed by atoms with Gasteiger partial charge in [-0.05, 0) is 23.9 Å². The number of aromatic nitrogens is 2. The number of fused-ring (bicyclic) bond motifs is 1. The molecule has 2 heterocycles. The molecule has 2 aromatic heterocycles. The summed E-state index contributed by atoms with van der Waals surface area (Å²) in [6.45, 7) is 3.06. The highest BCUT2D eigenvalue weighted by Gasteiger charge is 2.07. The molecule has 0 bridgehead atoms. The molecule has 0 aliphatic carbocycles. The van der Waals surface area contributed by atoms with Crippen LogP contribution in [-0.2, 0) is 17.1 Å². The third-order valence-electron chi connectivity index (χ3n) is 3.99. The number of amides is 1. The number of thiophene rings is 1. The summed E-state index contributed by atoms with van der Waals surface area (Å²) >= 11 is 3.24. The molecule has 3 rings (SSSR count). The van der Waals surface area contributed by atoms with Crippen molar-refractivity contribution in [3.63, 3.8) is 0 Å². The van der Waals surface area contributed by atoms with Gasteiger partial charge in [0.05, 0.1) is 11.7 Å². The zero-order chi connectivity index (χ0) is 18.4. The fourth-order valence-corrected chi connectivity index (χ4v) is 4.04. The highest BCUT2D eigenvalue weighted by atomic mass is 32.2. The van der Waals surface area contributed by atoms with Crippen molar-refractivity contribution in [3.05, 3.63) is 63.5 Å². The number of hydrogen-bond donors (Lipinski definition) is 1. The first-order valence-electron chi connectivity index (χ1n) is 8.46. The Morgan fingerprint density at radius 3 is 2.88 bits per heavy atom. The number of nitrogens with zero attached hydrogens (tertiary/aromatic N) is 2. The number of benzene rings is 1. The lowest BCUT2D eigenvalue weighted by Crippen LogP contribution is -2.28. The summed E-state index contributed by atoms with van der Waals surface area (Å²) in [5.74, 6) is 1.76. The molecular formula is C19H21N3O2S2. The number of carbonyl (C=O) groups excluding carboxylic acids is 1. The van der Waals surface area contributed by atoms with Gasteiger partial charge >= 0.3 is 0 Å². The summed E-state index contributed by atoms with van der Waals surface area (Å²) in [5.41, 5.74) is 2.47. The number of aryl methyl sites for hydroxylation is 2. The van der Waals surface area contributed by atoms with Crippen LogP contribution in [0.15, 0.2) is 46.8 Å². The van der Waals surface area contributed by atoms with Gasteiger partial charge in [-0.1, -0.05) is 29.8 Å². The first kappa shape index (κ1) is 18.7. The zero-order valence-corrected chi connectivity index (χ0v) is 16.2. The fourth-order valence-electron chi connectivity index (χ4n) is 2.50. The molecule has 0 aliphatic rings.